The smallest absolute Gasteiger partial charge is 0.200 e. The molecule has 1 aliphatic carbocycles. The number of hydrogen-bond donors (Lipinski definition) is 0. The van der Waals surface area contributed by atoms with Crippen molar-refractivity contribution in [3.05, 3.63) is 64.2 Å². The molecule has 0 N–H and O–H groups in total. The summed E-state index contributed by atoms with van der Waals surface area (Å²) < 4.78 is 61.8. The van der Waals surface area contributed by atoms with Crippen molar-refractivity contribution in [2.45, 2.75) is 58.3 Å². The Bertz CT molecular complexity index is 826. The Hall–Kier alpha value is -2.04. The van der Waals surface area contributed by atoms with E-state index in [4.69, 9.17) is 4.74 Å². The number of ether oxygens (including phenoxy) is 1. The van der Waals surface area contributed by atoms with Crippen LogP contribution in [0.5, 0.6) is 5.75 Å². The van der Waals surface area contributed by atoms with Gasteiger partial charge in [0.15, 0.2) is 23.2 Å². The maximum atomic E-state index is 14.2. The zero-order valence-electron chi connectivity index (χ0n) is 16.3. The molecule has 28 heavy (non-hydrogen) atoms. The van der Waals surface area contributed by atoms with Gasteiger partial charge < -0.3 is 4.74 Å². The highest BCUT2D eigenvalue weighted by molar-refractivity contribution is 5.31. The molecule has 0 spiro atoms. The highest BCUT2D eigenvalue weighted by Crippen LogP contribution is 2.38. The van der Waals surface area contributed by atoms with Gasteiger partial charge in [-0.1, -0.05) is 31.5 Å². The van der Waals surface area contributed by atoms with Gasteiger partial charge in [-0.25, -0.2) is 13.2 Å². The predicted octanol–water partition coefficient (Wildman–Crippen LogP) is 6.86. The second-order valence-corrected chi connectivity index (χ2v) is 7.73. The molecule has 0 aromatic heterocycles. The van der Waals surface area contributed by atoms with Crippen molar-refractivity contribution in [2.75, 3.05) is 6.61 Å². The van der Waals surface area contributed by atoms with Crippen LogP contribution in [0.4, 0.5) is 17.6 Å². The minimum absolute atomic E-state index is 0.0196. The maximum Gasteiger partial charge on any atom is 0.200 e. The summed E-state index contributed by atoms with van der Waals surface area (Å²) in [6.45, 7) is 3.75. The van der Waals surface area contributed by atoms with Crippen LogP contribution in [0.2, 0.25) is 0 Å². The Balaban J connectivity index is 1.57. The van der Waals surface area contributed by atoms with Crippen LogP contribution >= 0.6 is 0 Å². The lowest BCUT2D eigenvalue weighted by atomic mass is 9.78. The van der Waals surface area contributed by atoms with E-state index in [1.54, 1.807) is 25.1 Å². The molecule has 152 valence electrons. The van der Waals surface area contributed by atoms with Crippen LogP contribution in [0.1, 0.15) is 61.6 Å². The molecule has 2 aromatic carbocycles. The van der Waals surface area contributed by atoms with Crippen molar-refractivity contribution in [2.24, 2.45) is 5.92 Å². The van der Waals surface area contributed by atoms with E-state index in [1.807, 2.05) is 6.92 Å². The minimum atomic E-state index is -0.933. The van der Waals surface area contributed by atoms with Crippen molar-refractivity contribution >= 4 is 0 Å². The number of aryl methyl sites for hydroxylation is 2. The van der Waals surface area contributed by atoms with Crippen LogP contribution in [0, 0.1) is 36.1 Å². The van der Waals surface area contributed by atoms with Crippen LogP contribution in [-0.4, -0.2) is 6.61 Å². The van der Waals surface area contributed by atoms with Crippen LogP contribution in [0.3, 0.4) is 0 Å². The van der Waals surface area contributed by atoms with Gasteiger partial charge in [0, 0.05) is 0 Å². The van der Waals surface area contributed by atoms with E-state index in [2.05, 4.69) is 0 Å². The molecule has 0 unspecified atom stereocenters. The summed E-state index contributed by atoms with van der Waals surface area (Å²) in [4.78, 5) is 0. The van der Waals surface area contributed by atoms with Crippen LogP contribution in [0.25, 0.3) is 0 Å². The van der Waals surface area contributed by atoms with Gasteiger partial charge in [0.25, 0.3) is 0 Å². The summed E-state index contributed by atoms with van der Waals surface area (Å²) in [6, 6.07) is 6.34. The molecule has 0 radical (unpaired) electrons. The molecule has 1 aliphatic rings. The fraction of sp³-hybridized carbons (Fsp3) is 0.478. The number of benzene rings is 2. The first-order valence-electron chi connectivity index (χ1n) is 9.96. The van der Waals surface area contributed by atoms with Crippen LogP contribution in [-0.2, 0) is 6.42 Å². The molecule has 1 saturated carbocycles. The molecule has 1 nitrogen and oxygen atoms in total. The molecular formula is C23H26F4O. The first kappa shape index (κ1) is 20.7. The van der Waals surface area contributed by atoms with E-state index in [0.29, 0.717) is 29.7 Å². The topological polar surface area (TPSA) is 9.23 Å². The van der Waals surface area contributed by atoms with Gasteiger partial charge in [-0.05, 0) is 73.6 Å². The molecular weight excluding hydrogens is 368 g/mol. The van der Waals surface area contributed by atoms with Crippen molar-refractivity contribution in [1.82, 2.24) is 0 Å². The van der Waals surface area contributed by atoms with Gasteiger partial charge in [0.2, 0.25) is 5.82 Å². The zero-order valence-corrected chi connectivity index (χ0v) is 16.3. The number of rotatable bonds is 6. The van der Waals surface area contributed by atoms with Crippen molar-refractivity contribution in [3.8, 4) is 5.75 Å². The average Bonchev–Trinajstić information content (AvgIpc) is 2.70. The second kappa shape index (κ2) is 8.97. The van der Waals surface area contributed by atoms with E-state index in [-0.39, 0.29) is 17.6 Å². The quantitative estimate of drug-likeness (QED) is 0.487. The van der Waals surface area contributed by atoms with Gasteiger partial charge in [-0.2, -0.15) is 4.39 Å². The summed E-state index contributed by atoms with van der Waals surface area (Å²) in [7, 11) is 0. The monoisotopic (exact) mass is 394 g/mol. The third-order valence-corrected chi connectivity index (χ3v) is 5.71. The molecule has 0 atom stereocenters. The van der Waals surface area contributed by atoms with Gasteiger partial charge in [0.1, 0.15) is 0 Å². The maximum absolute atomic E-state index is 14.2. The highest BCUT2D eigenvalue weighted by Gasteiger charge is 2.26. The van der Waals surface area contributed by atoms with Crippen molar-refractivity contribution < 1.29 is 22.3 Å². The van der Waals surface area contributed by atoms with Gasteiger partial charge in [-0.3, -0.25) is 0 Å². The molecule has 0 amide bonds. The summed E-state index contributed by atoms with van der Waals surface area (Å²) >= 11 is 0. The Morgan fingerprint density at radius 2 is 1.57 bits per heavy atom. The Morgan fingerprint density at radius 1 is 0.857 bits per heavy atom. The fourth-order valence-electron chi connectivity index (χ4n) is 3.97. The van der Waals surface area contributed by atoms with E-state index in [0.717, 1.165) is 32.1 Å². The summed E-state index contributed by atoms with van der Waals surface area (Å²) in [5, 5.41) is 0. The van der Waals surface area contributed by atoms with Crippen molar-refractivity contribution in [1.29, 1.82) is 0 Å². The molecule has 0 heterocycles. The lowest BCUT2D eigenvalue weighted by Gasteiger charge is -2.29. The fourth-order valence-corrected chi connectivity index (χ4v) is 3.97. The lowest BCUT2D eigenvalue weighted by molar-refractivity contribution is 0.191. The average molecular weight is 394 g/mol. The van der Waals surface area contributed by atoms with Crippen LogP contribution in [0.15, 0.2) is 24.3 Å². The van der Waals surface area contributed by atoms with Crippen LogP contribution < -0.4 is 4.74 Å². The first-order chi connectivity index (χ1) is 13.4. The largest absolute Gasteiger partial charge is 0.490 e. The van der Waals surface area contributed by atoms with E-state index in [9.17, 15) is 17.6 Å². The summed E-state index contributed by atoms with van der Waals surface area (Å²) in [6.07, 6.45) is 4.23. The Morgan fingerprint density at radius 3 is 2.25 bits per heavy atom. The standard InChI is InChI=1S/C23H26F4O/c1-3-4-17-10-12-19(23(27)21(17)25)28-13-15-6-8-16(9-7-15)18-11-5-14(2)20(24)22(18)26/h5,10-12,15-16H,3-4,6-9,13H2,1-2H3. The van der Waals surface area contributed by atoms with E-state index >= 15 is 0 Å². The minimum Gasteiger partial charge on any atom is -0.490 e. The lowest BCUT2D eigenvalue weighted by Crippen LogP contribution is -2.20. The zero-order chi connectivity index (χ0) is 20.3. The number of halogens is 4. The Labute approximate surface area is 163 Å². The van der Waals surface area contributed by atoms with Gasteiger partial charge in [0.05, 0.1) is 6.61 Å². The third kappa shape index (κ3) is 4.34. The van der Waals surface area contributed by atoms with Crippen molar-refractivity contribution in [3.63, 3.8) is 0 Å². The van der Waals surface area contributed by atoms with Gasteiger partial charge >= 0.3 is 0 Å². The van der Waals surface area contributed by atoms with Gasteiger partial charge in [-0.15, -0.1) is 0 Å². The highest BCUT2D eigenvalue weighted by atomic mass is 19.2. The molecule has 1 fully saturated rings. The normalized spacial score (nSPS) is 19.6. The first-order valence-corrected chi connectivity index (χ1v) is 9.96. The summed E-state index contributed by atoms with van der Waals surface area (Å²) in [5.41, 5.74) is 1.10. The van der Waals surface area contributed by atoms with E-state index < -0.39 is 23.3 Å². The molecule has 3 rings (SSSR count). The molecule has 0 bridgehead atoms. The SMILES string of the molecule is CCCc1ccc(OCC2CCC(c3ccc(C)c(F)c3F)CC2)c(F)c1F. The third-order valence-electron chi connectivity index (χ3n) is 5.71. The second-order valence-electron chi connectivity index (χ2n) is 7.73. The number of hydrogen-bond acceptors (Lipinski definition) is 1. The predicted molar refractivity (Wildman–Crippen MR) is 102 cm³/mol. The van der Waals surface area contributed by atoms with E-state index in [1.165, 1.54) is 6.07 Å². The molecule has 5 heteroatoms. The summed E-state index contributed by atoms with van der Waals surface area (Å²) in [5.74, 6) is -3.18. The molecule has 0 saturated heterocycles. The Kier molecular flexibility index (Phi) is 6.63. The molecule has 2 aromatic rings. The molecule has 0 aliphatic heterocycles.